The smallest absolute Gasteiger partial charge is 0.321 e. The molecular formula is C30H35ClN4O6S. The van der Waals surface area contributed by atoms with Crippen LogP contribution in [0.1, 0.15) is 19.4 Å². The number of benzene rings is 3. The van der Waals surface area contributed by atoms with Gasteiger partial charge in [0.1, 0.15) is 11.9 Å². The topological polar surface area (TPSA) is 128 Å². The van der Waals surface area contributed by atoms with Gasteiger partial charge in [0.15, 0.2) is 0 Å². The van der Waals surface area contributed by atoms with E-state index in [-0.39, 0.29) is 48.0 Å². The van der Waals surface area contributed by atoms with E-state index in [0.717, 1.165) is 0 Å². The minimum atomic E-state index is -3.92. The molecule has 0 bridgehead atoms. The van der Waals surface area contributed by atoms with Crippen LogP contribution in [0.2, 0.25) is 5.02 Å². The molecule has 224 valence electrons. The second-order valence-electron chi connectivity index (χ2n) is 10.4. The van der Waals surface area contributed by atoms with Crippen LogP contribution in [0, 0.1) is 5.92 Å². The van der Waals surface area contributed by atoms with Crippen LogP contribution in [0.5, 0.6) is 5.75 Å². The number of aliphatic hydroxyl groups excluding tert-OH is 1. The quantitative estimate of drug-likeness (QED) is 0.344. The largest absolute Gasteiger partial charge is 0.488 e. The van der Waals surface area contributed by atoms with Crippen LogP contribution in [0.4, 0.5) is 16.2 Å². The van der Waals surface area contributed by atoms with E-state index in [1.54, 1.807) is 49.2 Å². The van der Waals surface area contributed by atoms with Gasteiger partial charge in [-0.25, -0.2) is 13.2 Å². The molecule has 0 aliphatic carbocycles. The number of anilines is 2. The van der Waals surface area contributed by atoms with Crippen LogP contribution < -0.4 is 14.8 Å². The fourth-order valence-corrected chi connectivity index (χ4v) is 5.81. The minimum absolute atomic E-state index is 0.0384. The Hall–Kier alpha value is -3.80. The summed E-state index contributed by atoms with van der Waals surface area (Å²) < 4.78 is 35.0. The number of carbonyl (C=O) groups is 2. The second kappa shape index (κ2) is 13.5. The van der Waals surface area contributed by atoms with Gasteiger partial charge in [-0.3, -0.25) is 9.52 Å². The van der Waals surface area contributed by atoms with Crippen molar-refractivity contribution in [1.29, 1.82) is 0 Å². The Balaban J connectivity index is 1.62. The number of halogens is 1. The molecule has 3 aromatic carbocycles. The summed E-state index contributed by atoms with van der Waals surface area (Å²) in [5.74, 6) is -0.0456. The molecule has 12 heteroatoms. The minimum Gasteiger partial charge on any atom is -0.488 e. The van der Waals surface area contributed by atoms with E-state index in [1.807, 2.05) is 25.1 Å². The van der Waals surface area contributed by atoms with Gasteiger partial charge < -0.3 is 25.0 Å². The van der Waals surface area contributed by atoms with Crippen LogP contribution in [-0.4, -0.2) is 74.2 Å². The molecule has 0 radical (unpaired) electrons. The van der Waals surface area contributed by atoms with Crippen LogP contribution in [-0.2, 0) is 21.2 Å². The zero-order valence-corrected chi connectivity index (χ0v) is 25.2. The van der Waals surface area contributed by atoms with Crippen molar-refractivity contribution in [3.8, 4) is 5.75 Å². The van der Waals surface area contributed by atoms with E-state index in [9.17, 15) is 23.1 Å². The van der Waals surface area contributed by atoms with Crippen LogP contribution >= 0.6 is 11.6 Å². The van der Waals surface area contributed by atoms with Crippen molar-refractivity contribution in [2.24, 2.45) is 5.92 Å². The van der Waals surface area contributed by atoms with Gasteiger partial charge >= 0.3 is 6.03 Å². The third kappa shape index (κ3) is 7.72. The Labute approximate surface area is 251 Å². The maximum atomic E-state index is 13.5. The number of carbonyl (C=O) groups excluding carboxylic acids is 2. The summed E-state index contributed by atoms with van der Waals surface area (Å²) in [4.78, 5) is 29.5. The Morgan fingerprint density at radius 3 is 2.48 bits per heavy atom. The van der Waals surface area contributed by atoms with E-state index in [1.165, 1.54) is 29.2 Å². The molecular weight excluding hydrogens is 580 g/mol. The lowest BCUT2D eigenvalue weighted by Crippen LogP contribution is -2.48. The molecule has 0 unspecified atom stereocenters. The number of nitrogens with zero attached hydrogens (tertiary/aromatic N) is 2. The van der Waals surface area contributed by atoms with Gasteiger partial charge in [-0.05, 0) is 61.5 Å². The number of amides is 3. The molecule has 0 fully saturated rings. The lowest BCUT2D eigenvalue weighted by atomic mass is 10.0. The number of urea groups is 1. The molecule has 3 atom stereocenters. The Morgan fingerprint density at radius 1 is 1.12 bits per heavy atom. The number of hydrogen-bond donors (Lipinski definition) is 3. The van der Waals surface area contributed by atoms with Gasteiger partial charge in [0, 0.05) is 41.5 Å². The highest BCUT2D eigenvalue weighted by Crippen LogP contribution is 2.30. The summed E-state index contributed by atoms with van der Waals surface area (Å²) in [6, 6.07) is 18.9. The zero-order valence-electron chi connectivity index (χ0n) is 23.7. The van der Waals surface area contributed by atoms with E-state index >= 15 is 0 Å². The number of ether oxygens (including phenoxy) is 1. The van der Waals surface area contributed by atoms with Crippen molar-refractivity contribution in [3.05, 3.63) is 83.4 Å². The summed E-state index contributed by atoms with van der Waals surface area (Å²) in [5, 5.41) is 13.1. The SMILES string of the molecule is C[C@@H]1CN([C@H](C)CO)C(=O)Cc2cc(NS(=O)(=O)c3ccc(Cl)cc3)ccc2O[C@@H]1CN(C)C(=O)Nc1ccccc1. The van der Waals surface area contributed by atoms with Gasteiger partial charge in [0.05, 0.1) is 30.5 Å². The first-order chi connectivity index (χ1) is 20.0. The van der Waals surface area contributed by atoms with Gasteiger partial charge in [0.25, 0.3) is 10.0 Å². The van der Waals surface area contributed by atoms with Crippen LogP contribution in [0.25, 0.3) is 0 Å². The Morgan fingerprint density at radius 2 is 1.81 bits per heavy atom. The molecule has 1 aliphatic heterocycles. The van der Waals surface area contributed by atoms with E-state index in [0.29, 0.717) is 28.6 Å². The lowest BCUT2D eigenvalue weighted by Gasteiger charge is -2.34. The molecule has 3 N–H and O–H groups in total. The molecule has 0 aromatic heterocycles. The molecule has 0 spiro atoms. The number of likely N-dealkylation sites (N-methyl/N-ethyl adjacent to an activating group) is 1. The Kier molecular flexibility index (Phi) is 9.97. The average molecular weight is 615 g/mol. The number of hydrogen-bond acceptors (Lipinski definition) is 6. The number of nitrogens with one attached hydrogen (secondary N) is 2. The first-order valence-electron chi connectivity index (χ1n) is 13.5. The molecule has 0 saturated heterocycles. The van der Waals surface area contributed by atoms with Crippen molar-refractivity contribution in [2.45, 2.75) is 37.3 Å². The first-order valence-corrected chi connectivity index (χ1v) is 15.4. The summed E-state index contributed by atoms with van der Waals surface area (Å²) >= 11 is 5.90. The molecule has 3 aromatic rings. The first kappa shape index (κ1) is 31.1. The van der Waals surface area contributed by atoms with Gasteiger partial charge in [0.2, 0.25) is 5.91 Å². The molecule has 10 nitrogen and oxygen atoms in total. The fourth-order valence-electron chi connectivity index (χ4n) is 4.63. The predicted molar refractivity (Wildman–Crippen MR) is 162 cm³/mol. The highest BCUT2D eigenvalue weighted by atomic mass is 35.5. The lowest BCUT2D eigenvalue weighted by molar-refractivity contribution is -0.134. The van der Waals surface area contributed by atoms with E-state index in [2.05, 4.69) is 10.0 Å². The molecule has 1 aliphatic rings. The number of para-hydroxylation sites is 1. The van der Waals surface area contributed by atoms with Crippen molar-refractivity contribution < 1.29 is 27.9 Å². The molecule has 3 amide bonds. The van der Waals surface area contributed by atoms with E-state index < -0.39 is 22.2 Å². The van der Waals surface area contributed by atoms with Crippen molar-refractivity contribution in [3.63, 3.8) is 0 Å². The van der Waals surface area contributed by atoms with Crippen molar-refractivity contribution in [1.82, 2.24) is 9.80 Å². The van der Waals surface area contributed by atoms with E-state index in [4.69, 9.17) is 16.3 Å². The van der Waals surface area contributed by atoms with Gasteiger partial charge in [-0.1, -0.05) is 36.7 Å². The standard InChI is InChI=1S/C30H35ClN4O6S/c1-20-17-35(21(2)19-36)29(37)16-22-15-25(33-42(39,40)26-12-9-23(31)10-13-26)11-14-27(22)41-28(20)18-34(3)30(38)32-24-7-5-4-6-8-24/h4-15,20-21,28,33,36H,16-19H2,1-3H3,(H,32,38)/t20-,21-,28-/m1/s1. The molecule has 42 heavy (non-hydrogen) atoms. The zero-order chi connectivity index (χ0) is 30.4. The number of sulfonamides is 1. The third-order valence-electron chi connectivity index (χ3n) is 7.12. The van der Waals surface area contributed by atoms with Crippen molar-refractivity contribution in [2.75, 3.05) is 36.8 Å². The third-order valence-corrected chi connectivity index (χ3v) is 8.77. The molecule has 1 heterocycles. The second-order valence-corrected chi connectivity index (χ2v) is 12.6. The highest BCUT2D eigenvalue weighted by Gasteiger charge is 2.32. The average Bonchev–Trinajstić information content (AvgIpc) is 3.00. The van der Waals surface area contributed by atoms with Crippen LogP contribution in [0.3, 0.4) is 0 Å². The molecule has 4 rings (SSSR count). The van der Waals surface area contributed by atoms with Gasteiger partial charge in [-0.2, -0.15) is 0 Å². The Bertz CT molecular complexity index is 1500. The van der Waals surface area contributed by atoms with Crippen LogP contribution in [0.15, 0.2) is 77.7 Å². The summed E-state index contributed by atoms with van der Waals surface area (Å²) in [5.41, 5.74) is 1.39. The fraction of sp³-hybridized carbons (Fsp3) is 0.333. The maximum Gasteiger partial charge on any atom is 0.321 e. The summed E-state index contributed by atoms with van der Waals surface area (Å²) in [7, 11) is -2.26. The number of aliphatic hydroxyl groups is 1. The van der Waals surface area contributed by atoms with Crippen molar-refractivity contribution >= 4 is 44.9 Å². The number of rotatable bonds is 8. The predicted octanol–water partition coefficient (Wildman–Crippen LogP) is 4.45. The summed E-state index contributed by atoms with van der Waals surface area (Å²) in [6.07, 6.45) is -0.592. The monoisotopic (exact) mass is 614 g/mol. The summed E-state index contributed by atoms with van der Waals surface area (Å²) in [6.45, 7) is 3.97. The molecule has 0 saturated carbocycles. The maximum absolute atomic E-state index is 13.5. The highest BCUT2D eigenvalue weighted by molar-refractivity contribution is 7.92. The normalized spacial score (nSPS) is 18.0. The van der Waals surface area contributed by atoms with Gasteiger partial charge in [-0.15, -0.1) is 0 Å². The number of fused-ring (bicyclic) bond motifs is 1.